The highest BCUT2D eigenvalue weighted by molar-refractivity contribution is 5.49. The van der Waals surface area contributed by atoms with Crippen LogP contribution >= 0.6 is 0 Å². The normalized spacial score (nSPS) is 19.2. The fourth-order valence-corrected chi connectivity index (χ4v) is 3.09. The van der Waals surface area contributed by atoms with Gasteiger partial charge in [0.15, 0.2) is 11.5 Å². The van der Waals surface area contributed by atoms with Gasteiger partial charge in [-0.25, -0.2) is 0 Å². The Hall–Kier alpha value is -2.40. The topological polar surface area (TPSA) is 57.2 Å². The number of hydrogen-bond acceptors (Lipinski definition) is 5. The van der Waals surface area contributed by atoms with Crippen molar-refractivity contribution in [3.8, 4) is 23.0 Å². The number of rotatable bonds is 4. The molecule has 3 rings (SSSR count). The number of aliphatic hydroxyl groups is 1. The summed E-state index contributed by atoms with van der Waals surface area (Å²) in [6.45, 7) is 1.99. The molecule has 5 heteroatoms. The molecule has 0 radical (unpaired) electrons. The van der Waals surface area contributed by atoms with Crippen molar-refractivity contribution in [2.45, 2.75) is 25.6 Å². The SMILES string of the molecule is COc1cc(C)c2c(c1)O[C@H](c1ccc(OC)c(OC)c1)[C@@H](O)C2. The first-order valence-electron chi connectivity index (χ1n) is 7.81. The number of methoxy groups -OCH3 is 3. The third-order valence-corrected chi connectivity index (χ3v) is 4.39. The Kier molecular flexibility index (Phi) is 4.53. The van der Waals surface area contributed by atoms with Gasteiger partial charge in [0.1, 0.15) is 17.6 Å². The van der Waals surface area contributed by atoms with Gasteiger partial charge in [-0.15, -0.1) is 0 Å². The molecule has 0 amide bonds. The molecule has 1 N–H and O–H groups in total. The zero-order chi connectivity index (χ0) is 17.3. The zero-order valence-electron chi connectivity index (χ0n) is 14.3. The zero-order valence-corrected chi connectivity index (χ0v) is 14.3. The molecular formula is C19H22O5. The summed E-state index contributed by atoms with van der Waals surface area (Å²) in [5.74, 6) is 2.74. The largest absolute Gasteiger partial charge is 0.497 e. The molecule has 2 atom stereocenters. The molecule has 0 saturated carbocycles. The molecule has 1 heterocycles. The number of ether oxygens (including phenoxy) is 4. The van der Waals surface area contributed by atoms with Gasteiger partial charge >= 0.3 is 0 Å². The third-order valence-electron chi connectivity index (χ3n) is 4.39. The average Bonchev–Trinajstić information content (AvgIpc) is 2.61. The maximum Gasteiger partial charge on any atom is 0.161 e. The Morgan fingerprint density at radius 2 is 1.75 bits per heavy atom. The van der Waals surface area contributed by atoms with E-state index >= 15 is 0 Å². The summed E-state index contributed by atoms with van der Waals surface area (Å²) in [4.78, 5) is 0. The van der Waals surface area contributed by atoms with Gasteiger partial charge < -0.3 is 24.1 Å². The van der Waals surface area contributed by atoms with Crippen LogP contribution in [-0.2, 0) is 6.42 Å². The lowest BCUT2D eigenvalue weighted by molar-refractivity contribution is 0.0203. The van der Waals surface area contributed by atoms with Gasteiger partial charge in [-0.05, 0) is 36.2 Å². The van der Waals surface area contributed by atoms with Gasteiger partial charge in [0.25, 0.3) is 0 Å². The van der Waals surface area contributed by atoms with Crippen molar-refractivity contribution in [3.05, 3.63) is 47.0 Å². The monoisotopic (exact) mass is 330 g/mol. The first kappa shape index (κ1) is 16.5. The summed E-state index contributed by atoms with van der Waals surface area (Å²) in [5.41, 5.74) is 2.90. The van der Waals surface area contributed by atoms with E-state index in [1.54, 1.807) is 21.3 Å². The highest BCUT2D eigenvalue weighted by Gasteiger charge is 2.31. The molecule has 0 unspecified atom stereocenters. The smallest absolute Gasteiger partial charge is 0.161 e. The number of benzene rings is 2. The second kappa shape index (κ2) is 6.61. The van der Waals surface area contributed by atoms with Crippen LogP contribution < -0.4 is 18.9 Å². The molecule has 1 aliphatic rings. The number of fused-ring (bicyclic) bond motifs is 1. The Balaban J connectivity index is 1.97. The highest BCUT2D eigenvalue weighted by Crippen LogP contribution is 2.40. The minimum Gasteiger partial charge on any atom is -0.497 e. The second-order valence-electron chi connectivity index (χ2n) is 5.85. The number of aliphatic hydroxyl groups excluding tert-OH is 1. The van der Waals surface area contributed by atoms with E-state index in [2.05, 4.69) is 0 Å². The van der Waals surface area contributed by atoms with Crippen LogP contribution in [0.5, 0.6) is 23.0 Å². The van der Waals surface area contributed by atoms with Crippen LogP contribution in [0.15, 0.2) is 30.3 Å². The maximum atomic E-state index is 10.6. The minimum absolute atomic E-state index is 0.469. The van der Waals surface area contributed by atoms with E-state index in [0.717, 1.165) is 28.2 Å². The molecule has 128 valence electrons. The van der Waals surface area contributed by atoms with E-state index < -0.39 is 12.2 Å². The summed E-state index contributed by atoms with van der Waals surface area (Å²) in [6, 6.07) is 9.35. The fourth-order valence-electron chi connectivity index (χ4n) is 3.09. The van der Waals surface area contributed by atoms with Crippen molar-refractivity contribution < 1.29 is 24.1 Å². The number of hydrogen-bond donors (Lipinski definition) is 1. The van der Waals surface area contributed by atoms with Crippen LogP contribution in [0.4, 0.5) is 0 Å². The highest BCUT2D eigenvalue weighted by atomic mass is 16.5. The lowest BCUT2D eigenvalue weighted by atomic mass is 9.92. The Labute approximate surface area is 141 Å². The van der Waals surface area contributed by atoms with Crippen molar-refractivity contribution >= 4 is 0 Å². The first-order chi connectivity index (χ1) is 11.6. The molecule has 1 aliphatic heterocycles. The van der Waals surface area contributed by atoms with Crippen molar-refractivity contribution in [2.24, 2.45) is 0 Å². The van der Waals surface area contributed by atoms with Crippen LogP contribution in [0.25, 0.3) is 0 Å². The predicted octanol–water partition coefficient (Wildman–Crippen LogP) is 3.06. The summed E-state index contributed by atoms with van der Waals surface area (Å²) >= 11 is 0. The quantitative estimate of drug-likeness (QED) is 0.934. The van der Waals surface area contributed by atoms with Crippen LogP contribution in [0.3, 0.4) is 0 Å². The van der Waals surface area contributed by atoms with Crippen LogP contribution in [-0.4, -0.2) is 32.5 Å². The van der Waals surface area contributed by atoms with Crippen molar-refractivity contribution in [1.82, 2.24) is 0 Å². The van der Waals surface area contributed by atoms with Gasteiger partial charge in [0, 0.05) is 18.1 Å². The van der Waals surface area contributed by atoms with E-state index in [1.165, 1.54) is 0 Å². The second-order valence-corrected chi connectivity index (χ2v) is 5.85. The first-order valence-corrected chi connectivity index (χ1v) is 7.81. The molecule has 0 fully saturated rings. The van der Waals surface area contributed by atoms with Gasteiger partial charge in [-0.3, -0.25) is 0 Å². The van der Waals surface area contributed by atoms with Gasteiger partial charge in [-0.2, -0.15) is 0 Å². The lowest BCUT2D eigenvalue weighted by Gasteiger charge is -2.32. The summed E-state index contributed by atoms with van der Waals surface area (Å²) < 4.78 is 22.0. The molecule has 0 saturated heterocycles. The molecule has 2 aromatic carbocycles. The summed E-state index contributed by atoms with van der Waals surface area (Å²) in [5, 5.41) is 10.6. The van der Waals surface area contributed by atoms with Crippen molar-refractivity contribution in [3.63, 3.8) is 0 Å². The van der Waals surface area contributed by atoms with Crippen LogP contribution in [0.2, 0.25) is 0 Å². The van der Waals surface area contributed by atoms with Gasteiger partial charge in [-0.1, -0.05) is 6.07 Å². The Bertz CT molecular complexity index is 741. The molecule has 0 bridgehead atoms. The summed E-state index contributed by atoms with van der Waals surface area (Å²) in [7, 11) is 4.81. The van der Waals surface area contributed by atoms with Crippen LogP contribution in [0, 0.1) is 6.92 Å². The fraction of sp³-hybridized carbons (Fsp3) is 0.368. The van der Waals surface area contributed by atoms with E-state index in [-0.39, 0.29) is 0 Å². The minimum atomic E-state index is -0.636. The number of aryl methyl sites for hydroxylation is 1. The van der Waals surface area contributed by atoms with Gasteiger partial charge in [0.2, 0.25) is 0 Å². The Morgan fingerprint density at radius 1 is 1.00 bits per heavy atom. The van der Waals surface area contributed by atoms with E-state index in [4.69, 9.17) is 18.9 Å². The molecule has 5 nitrogen and oxygen atoms in total. The maximum absolute atomic E-state index is 10.6. The van der Waals surface area contributed by atoms with Crippen LogP contribution in [0.1, 0.15) is 22.8 Å². The predicted molar refractivity (Wildman–Crippen MR) is 90.4 cm³/mol. The molecule has 0 spiro atoms. The third kappa shape index (κ3) is 2.87. The molecule has 0 aromatic heterocycles. The standard InChI is InChI=1S/C19H22O5/c1-11-7-13(21-2)9-17-14(11)10-15(20)19(24-17)12-5-6-16(22-3)18(8-12)23-4/h5-9,15,19-20H,10H2,1-4H3/t15-,19+/m0/s1. The molecule has 24 heavy (non-hydrogen) atoms. The van der Waals surface area contributed by atoms with Gasteiger partial charge in [0.05, 0.1) is 27.4 Å². The lowest BCUT2D eigenvalue weighted by Crippen LogP contribution is -2.30. The van der Waals surface area contributed by atoms with E-state index in [1.807, 2.05) is 37.3 Å². The molecule has 2 aromatic rings. The Morgan fingerprint density at radius 3 is 2.42 bits per heavy atom. The molecular weight excluding hydrogens is 308 g/mol. The molecule has 0 aliphatic carbocycles. The van der Waals surface area contributed by atoms with Crippen molar-refractivity contribution in [1.29, 1.82) is 0 Å². The van der Waals surface area contributed by atoms with E-state index in [0.29, 0.717) is 17.9 Å². The van der Waals surface area contributed by atoms with E-state index in [9.17, 15) is 5.11 Å². The summed E-state index contributed by atoms with van der Waals surface area (Å²) in [6.07, 6.45) is -0.573. The van der Waals surface area contributed by atoms with Crippen molar-refractivity contribution in [2.75, 3.05) is 21.3 Å². The average molecular weight is 330 g/mol.